The lowest BCUT2D eigenvalue weighted by Crippen LogP contribution is -2.43. The van der Waals surface area contributed by atoms with E-state index >= 15 is 0 Å². The maximum atomic E-state index is 14.2. The number of likely N-dealkylation sites (N-methyl/N-ethyl adjacent to an activating group) is 1. The summed E-state index contributed by atoms with van der Waals surface area (Å²) in [7, 11) is 3.17. The number of amides is 1. The molecule has 1 aliphatic heterocycles. The molecule has 0 spiro atoms. The van der Waals surface area contributed by atoms with Crippen molar-refractivity contribution in [2.24, 2.45) is 4.99 Å². The van der Waals surface area contributed by atoms with Gasteiger partial charge in [-0.2, -0.15) is 0 Å². The van der Waals surface area contributed by atoms with Gasteiger partial charge in [-0.3, -0.25) is 14.2 Å². The van der Waals surface area contributed by atoms with E-state index in [2.05, 4.69) is 15.9 Å². The van der Waals surface area contributed by atoms with Crippen molar-refractivity contribution in [2.75, 3.05) is 27.3 Å². The highest BCUT2D eigenvalue weighted by atomic mass is 79.9. The van der Waals surface area contributed by atoms with Gasteiger partial charge in [-0.05, 0) is 56.2 Å². The van der Waals surface area contributed by atoms with Gasteiger partial charge in [0.1, 0.15) is 18.4 Å². The number of hydrogen-bond acceptors (Lipinski definition) is 7. The molecule has 0 saturated heterocycles. The highest BCUT2D eigenvalue weighted by molar-refractivity contribution is 9.10. The maximum Gasteiger partial charge on any atom is 0.271 e. The lowest BCUT2D eigenvalue weighted by atomic mass is 9.94. The Morgan fingerprint density at radius 1 is 1.00 bits per heavy atom. The first-order valence-electron chi connectivity index (χ1n) is 14.3. The van der Waals surface area contributed by atoms with Crippen LogP contribution in [0.4, 0.5) is 0 Å². The smallest absolute Gasteiger partial charge is 0.271 e. The van der Waals surface area contributed by atoms with Crippen molar-refractivity contribution in [3.8, 4) is 17.2 Å². The zero-order valence-corrected chi connectivity index (χ0v) is 27.7. The fourth-order valence-electron chi connectivity index (χ4n) is 5.27. The van der Waals surface area contributed by atoms with Crippen LogP contribution >= 0.6 is 27.3 Å². The summed E-state index contributed by atoms with van der Waals surface area (Å²) in [5.74, 6) is 1.55. The number of nitrogens with zero attached hydrogens (tertiary/aromatic N) is 3. The van der Waals surface area contributed by atoms with Gasteiger partial charge in [-0.15, -0.1) is 0 Å². The van der Waals surface area contributed by atoms with E-state index in [4.69, 9.17) is 19.2 Å². The van der Waals surface area contributed by atoms with Gasteiger partial charge >= 0.3 is 0 Å². The highest BCUT2D eigenvalue weighted by Gasteiger charge is 2.35. The minimum absolute atomic E-state index is 0.153. The second-order valence-corrected chi connectivity index (χ2v) is 12.0. The van der Waals surface area contributed by atoms with E-state index in [1.807, 2.05) is 93.6 Å². The van der Waals surface area contributed by atoms with Crippen molar-refractivity contribution < 1.29 is 19.0 Å². The zero-order chi connectivity index (χ0) is 31.4. The van der Waals surface area contributed by atoms with Gasteiger partial charge < -0.3 is 19.1 Å². The molecule has 0 N–H and O–H groups in total. The SMILES string of the molecule is CCN(CC)C(=O)C1=C(C)N=c2s/c(=C/c3cc(OC)c(OCc4ccccc4)cc3Br)c(=O)n2[C@@H]1c1ccccc1OC. The molecule has 10 heteroatoms. The fourth-order valence-corrected chi connectivity index (χ4v) is 6.75. The van der Waals surface area contributed by atoms with Gasteiger partial charge in [0.05, 0.1) is 30.0 Å². The van der Waals surface area contributed by atoms with Gasteiger partial charge in [-0.25, -0.2) is 4.99 Å². The molecule has 1 aliphatic rings. The number of benzene rings is 3. The van der Waals surface area contributed by atoms with E-state index in [0.717, 1.165) is 21.2 Å². The van der Waals surface area contributed by atoms with E-state index in [1.165, 1.54) is 11.3 Å². The number of allylic oxidation sites excluding steroid dienone is 1. The Balaban J connectivity index is 1.63. The molecule has 0 unspecified atom stereocenters. The molecular weight excluding hydrogens is 642 g/mol. The molecule has 0 bridgehead atoms. The first-order chi connectivity index (χ1) is 21.3. The molecule has 228 valence electrons. The summed E-state index contributed by atoms with van der Waals surface area (Å²) in [6, 6.07) is 20.3. The highest BCUT2D eigenvalue weighted by Crippen LogP contribution is 2.37. The third-order valence-electron chi connectivity index (χ3n) is 7.54. The average molecular weight is 677 g/mol. The van der Waals surface area contributed by atoms with Crippen LogP contribution in [0.3, 0.4) is 0 Å². The molecule has 0 radical (unpaired) electrons. The van der Waals surface area contributed by atoms with E-state index in [1.54, 1.807) is 23.7 Å². The largest absolute Gasteiger partial charge is 0.496 e. The van der Waals surface area contributed by atoms with E-state index in [9.17, 15) is 9.59 Å². The quantitative estimate of drug-likeness (QED) is 0.223. The van der Waals surface area contributed by atoms with Crippen molar-refractivity contribution in [1.29, 1.82) is 0 Å². The zero-order valence-electron chi connectivity index (χ0n) is 25.3. The van der Waals surface area contributed by atoms with Crippen molar-refractivity contribution in [2.45, 2.75) is 33.4 Å². The summed E-state index contributed by atoms with van der Waals surface area (Å²) in [6.07, 6.45) is 1.81. The lowest BCUT2D eigenvalue weighted by molar-refractivity contribution is -0.127. The Bertz CT molecular complexity index is 1890. The number of carbonyl (C=O) groups is 1. The first kappa shape index (κ1) is 31.3. The molecular formula is C34H34BrN3O5S. The van der Waals surface area contributed by atoms with Gasteiger partial charge in [0, 0.05) is 23.1 Å². The van der Waals surface area contributed by atoms with E-state index < -0.39 is 6.04 Å². The van der Waals surface area contributed by atoms with Crippen LogP contribution in [-0.4, -0.2) is 42.7 Å². The summed E-state index contributed by atoms with van der Waals surface area (Å²) >= 11 is 4.93. The van der Waals surface area contributed by atoms with Crippen LogP contribution in [0.15, 0.2) is 92.3 Å². The van der Waals surface area contributed by atoms with Crippen LogP contribution in [0.2, 0.25) is 0 Å². The second-order valence-electron chi connectivity index (χ2n) is 10.1. The molecule has 5 rings (SSSR count). The van der Waals surface area contributed by atoms with Crippen LogP contribution < -0.4 is 29.1 Å². The number of rotatable bonds is 10. The predicted molar refractivity (Wildman–Crippen MR) is 176 cm³/mol. The van der Waals surface area contributed by atoms with E-state index in [0.29, 0.717) is 57.5 Å². The molecule has 0 saturated carbocycles. The summed E-state index contributed by atoms with van der Waals surface area (Å²) < 4.78 is 20.2. The minimum Gasteiger partial charge on any atom is -0.496 e. The summed E-state index contributed by atoms with van der Waals surface area (Å²) in [6.45, 7) is 7.17. The maximum absolute atomic E-state index is 14.2. The number of para-hydroxylation sites is 1. The number of carbonyl (C=O) groups excluding carboxylic acids is 1. The molecule has 4 aromatic rings. The van der Waals surface area contributed by atoms with Crippen LogP contribution in [-0.2, 0) is 11.4 Å². The number of fused-ring (bicyclic) bond motifs is 1. The van der Waals surface area contributed by atoms with Crippen molar-refractivity contribution >= 4 is 39.2 Å². The first-order valence-corrected chi connectivity index (χ1v) is 15.9. The molecule has 1 atom stereocenters. The summed E-state index contributed by atoms with van der Waals surface area (Å²) in [4.78, 5) is 35.1. The van der Waals surface area contributed by atoms with Crippen LogP contribution in [0.25, 0.3) is 6.08 Å². The number of halogens is 1. The Labute approximate surface area is 268 Å². The van der Waals surface area contributed by atoms with Crippen molar-refractivity contribution in [3.05, 3.63) is 119 Å². The monoisotopic (exact) mass is 675 g/mol. The second kappa shape index (κ2) is 13.7. The minimum atomic E-state index is -0.704. The molecule has 1 aromatic heterocycles. The molecule has 44 heavy (non-hydrogen) atoms. The van der Waals surface area contributed by atoms with Crippen molar-refractivity contribution in [1.82, 2.24) is 9.47 Å². The molecule has 2 heterocycles. The third kappa shape index (κ3) is 6.09. The van der Waals surface area contributed by atoms with Gasteiger partial charge in [0.15, 0.2) is 16.3 Å². The average Bonchev–Trinajstić information content (AvgIpc) is 3.34. The van der Waals surface area contributed by atoms with Crippen LogP contribution in [0.1, 0.15) is 43.5 Å². The van der Waals surface area contributed by atoms with Gasteiger partial charge in [0.2, 0.25) is 0 Å². The molecule has 1 amide bonds. The van der Waals surface area contributed by atoms with E-state index in [-0.39, 0.29) is 11.5 Å². The molecule has 3 aromatic carbocycles. The third-order valence-corrected chi connectivity index (χ3v) is 9.21. The normalized spacial score (nSPS) is 14.6. The molecule has 8 nitrogen and oxygen atoms in total. The Hall–Kier alpha value is -4.15. The van der Waals surface area contributed by atoms with Gasteiger partial charge in [0.25, 0.3) is 11.5 Å². The molecule has 0 fully saturated rings. The number of methoxy groups -OCH3 is 2. The Kier molecular flexibility index (Phi) is 9.71. The summed E-state index contributed by atoms with van der Waals surface area (Å²) in [5.41, 5.74) is 3.28. The predicted octanol–water partition coefficient (Wildman–Crippen LogP) is 5.46. The molecule has 0 aliphatic carbocycles. The van der Waals surface area contributed by atoms with Gasteiger partial charge in [-0.1, -0.05) is 75.8 Å². The summed E-state index contributed by atoms with van der Waals surface area (Å²) in [5, 5.41) is 0. The van der Waals surface area contributed by atoms with Crippen molar-refractivity contribution in [3.63, 3.8) is 0 Å². The number of aromatic nitrogens is 1. The Morgan fingerprint density at radius 3 is 2.36 bits per heavy atom. The Morgan fingerprint density at radius 2 is 1.68 bits per heavy atom. The standard InChI is InChI=1S/C34H34BrN3O5S/c1-6-37(7-2)33(40)30-21(3)36-34-38(31(30)24-15-11-12-16-26(24)41-4)32(39)29(44-34)18-23-17-27(42-5)28(19-25(23)35)43-20-22-13-9-8-10-14-22/h8-19,31H,6-7,20H2,1-5H3/b29-18+/t31-/m1/s1. The van der Waals surface area contributed by atoms with Crippen LogP contribution in [0.5, 0.6) is 17.2 Å². The number of hydrogen-bond donors (Lipinski definition) is 0. The fraction of sp³-hybridized carbons (Fsp3) is 0.265. The number of ether oxygens (including phenoxy) is 3. The van der Waals surface area contributed by atoms with Crippen LogP contribution in [0, 0.1) is 0 Å². The number of thiazole rings is 1. The topological polar surface area (TPSA) is 82.4 Å². The lowest BCUT2D eigenvalue weighted by Gasteiger charge is -2.29.